The van der Waals surface area contributed by atoms with Crippen LogP contribution in [0.2, 0.25) is 0 Å². The Bertz CT molecular complexity index is 383. The van der Waals surface area contributed by atoms with Gasteiger partial charge < -0.3 is 11.1 Å². The van der Waals surface area contributed by atoms with Crippen molar-refractivity contribution in [3.05, 3.63) is 35.4 Å². The summed E-state index contributed by atoms with van der Waals surface area (Å²) in [6, 6.07) is 7.62. The zero-order chi connectivity index (χ0) is 12.3. The standard InChI is InChI=1S/C13H20N2O/c1-9-6-5-7-11(8-9)13(3,4)15-12(16)10(2)14/h5-8,10H,14H2,1-4H3,(H,15,16). The third-order valence-corrected chi connectivity index (χ3v) is 2.59. The lowest BCUT2D eigenvalue weighted by molar-refractivity contribution is -0.123. The van der Waals surface area contributed by atoms with Gasteiger partial charge in [-0.15, -0.1) is 0 Å². The highest BCUT2D eigenvalue weighted by Gasteiger charge is 2.23. The normalized spacial score (nSPS) is 13.3. The van der Waals surface area contributed by atoms with Gasteiger partial charge in [-0.1, -0.05) is 29.8 Å². The van der Waals surface area contributed by atoms with E-state index in [1.165, 1.54) is 5.56 Å². The van der Waals surface area contributed by atoms with E-state index in [2.05, 4.69) is 11.4 Å². The maximum atomic E-state index is 11.6. The van der Waals surface area contributed by atoms with Crippen LogP contribution in [-0.4, -0.2) is 11.9 Å². The number of hydrogen-bond acceptors (Lipinski definition) is 2. The minimum atomic E-state index is -0.482. The Morgan fingerprint density at radius 3 is 2.56 bits per heavy atom. The van der Waals surface area contributed by atoms with E-state index < -0.39 is 11.6 Å². The average molecular weight is 220 g/mol. The Hall–Kier alpha value is -1.35. The third-order valence-electron chi connectivity index (χ3n) is 2.59. The van der Waals surface area contributed by atoms with Gasteiger partial charge in [0.05, 0.1) is 11.6 Å². The summed E-state index contributed by atoms with van der Waals surface area (Å²) in [6.07, 6.45) is 0. The average Bonchev–Trinajstić information content (AvgIpc) is 2.17. The minimum Gasteiger partial charge on any atom is -0.346 e. The molecule has 16 heavy (non-hydrogen) atoms. The molecule has 0 heterocycles. The second-order valence-electron chi connectivity index (χ2n) is 4.77. The lowest BCUT2D eigenvalue weighted by Crippen LogP contribution is -2.47. The first-order valence-corrected chi connectivity index (χ1v) is 5.47. The maximum absolute atomic E-state index is 11.6. The fourth-order valence-corrected chi connectivity index (χ4v) is 1.53. The first-order chi connectivity index (χ1) is 7.33. The molecule has 0 spiro atoms. The summed E-state index contributed by atoms with van der Waals surface area (Å²) < 4.78 is 0. The molecule has 0 bridgehead atoms. The van der Waals surface area contributed by atoms with Crippen LogP contribution < -0.4 is 11.1 Å². The quantitative estimate of drug-likeness (QED) is 0.814. The van der Waals surface area contributed by atoms with Gasteiger partial charge in [0.15, 0.2) is 0 Å². The van der Waals surface area contributed by atoms with Crippen LogP contribution in [0.4, 0.5) is 0 Å². The number of hydrogen-bond donors (Lipinski definition) is 2. The SMILES string of the molecule is Cc1cccc(C(C)(C)NC(=O)C(C)N)c1. The Morgan fingerprint density at radius 2 is 2.06 bits per heavy atom. The van der Waals surface area contributed by atoms with Gasteiger partial charge in [-0.2, -0.15) is 0 Å². The highest BCUT2D eigenvalue weighted by atomic mass is 16.2. The lowest BCUT2D eigenvalue weighted by atomic mass is 9.92. The van der Waals surface area contributed by atoms with Crippen molar-refractivity contribution < 1.29 is 4.79 Å². The molecule has 1 aromatic rings. The van der Waals surface area contributed by atoms with E-state index in [0.29, 0.717) is 0 Å². The van der Waals surface area contributed by atoms with Gasteiger partial charge in [-0.05, 0) is 33.3 Å². The molecule has 1 atom stereocenters. The molecule has 0 aromatic heterocycles. The number of nitrogens with two attached hydrogens (primary N) is 1. The van der Waals surface area contributed by atoms with E-state index in [-0.39, 0.29) is 5.91 Å². The van der Waals surface area contributed by atoms with Crippen LogP contribution in [-0.2, 0) is 10.3 Å². The smallest absolute Gasteiger partial charge is 0.237 e. The molecule has 0 aliphatic rings. The minimum absolute atomic E-state index is 0.133. The Balaban J connectivity index is 2.89. The summed E-state index contributed by atoms with van der Waals surface area (Å²) in [4.78, 5) is 11.6. The summed E-state index contributed by atoms with van der Waals surface area (Å²) in [5.41, 5.74) is 7.41. The van der Waals surface area contributed by atoms with Crippen molar-refractivity contribution in [3.8, 4) is 0 Å². The van der Waals surface area contributed by atoms with Crippen LogP contribution in [0, 0.1) is 6.92 Å². The molecule has 0 radical (unpaired) electrons. The molecule has 3 N–H and O–H groups in total. The van der Waals surface area contributed by atoms with Crippen LogP contribution in [0.25, 0.3) is 0 Å². The Kier molecular flexibility index (Phi) is 3.70. The first-order valence-electron chi connectivity index (χ1n) is 5.47. The van der Waals surface area contributed by atoms with Gasteiger partial charge in [0.2, 0.25) is 5.91 Å². The first kappa shape index (κ1) is 12.7. The molecule has 3 nitrogen and oxygen atoms in total. The largest absolute Gasteiger partial charge is 0.346 e. The van der Waals surface area contributed by atoms with Crippen molar-refractivity contribution in [2.75, 3.05) is 0 Å². The number of rotatable bonds is 3. The fourth-order valence-electron chi connectivity index (χ4n) is 1.53. The van der Waals surface area contributed by atoms with Crippen molar-refractivity contribution in [2.24, 2.45) is 5.73 Å². The highest BCUT2D eigenvalue weighted by molar-refractivity contribution is 5.81. The van der Waals surface area contributed by atoms with Crippen molar-refractivity contribution in [3.63, 3.8) is 0 Å². The molecule has 3 heteroatoms. The molecule has 0 aliphatic carbocycles. The summed E-state index contributed by atoms with van der Waals surface area (Å²) in [6.45, 7) is 7.67. The van der Waals surface area contributed by atoms with Crippen molar-refractivity contribution in [2.45, 2.75) is 39.3 Å². The number of carbonyl (C=O) groups excluding carboxylic acids is 1. The molecule has 88 valence electrons. The van der Waals surface area contributed by atoms with Gasteiger partial charge in [0, 0.05) is 0 Å². The molecule has 1 aromatic carbocycles. The van der Waals surface area contributed by atoms with Crippen LogP contribution in [0.3, 0.4) is 0 Å². The third kappa shape index (κ3) is 3.07. The van der Waals surface area contributed by atoms with Crippen LogP contribution >= 0.6 is 0 Å². The molecule has 1 rings (SSSR count). The summed E-state index contributed by atoms with van der Waals surface area (Å²) in [7, 11) is 0. The number of amides is 1. The zero-order valence-corrected chi connectivity index (χ0v) is 10.4. The van der Waals surface area contributed by atoms with E-state index in [9.17, 15) is 4.79 Å². The van der Waals surface area contributed by atoms with E-state index in [1.807, 2.05) is 39.0 Å². The number of nitrogens with one attached hydrogen (secondary N) is 1. The van der Waals surface area contributed by atoms with E-state index >= 15 is 0 Å². The molecule has 0 saturated heterocycles. The molecular weight excluding hydrogens is 200 g/mol. The lowest BCUT2D eigenvalue weighted by Gasteiger charge is -2.28. The van der Waals surface area contributed by atoms with Gasteiger partial charge >= 0.3 is 0 Å². The predicted octanol–water partition coefficient (Wildman–Crippen LogP) is 1.69. The van der Waals surface area contributed by atoms with Crippen molar-refractivity contribution in [1.29, 1.82) is 0 Å². The summed E-state index contributed by atoms with van der Waals surface area (Å²) in [5, 5.41) is 2.94. The predicted molar refractivity (Wildman–Crippen MR) is 66.0 cm³/mol. The second kappa shape index (κ2) is 4.66. The highest BCUT2D eigenvalue weighted by Crippen LogP contribution is 2.20. The number of aryl methyl sites for hydroxylation is 1. The molecule has 1 unspecified atom stereocenters. The molecule has 0 fully saturated rings. The molecule has 0 saturated carbocycles. The van der Waals surface area contributed by atoms with Gasteiger partial charge in [-0.3, -0.25) is 4.79 Å². The zero-order valence-electron chi connectivity index (χ0n) is 10.4. The van der Waals surface area contributed by atoms with Crippen molar-refractivity contribution >= 4 is 5.91 Å². The van der Waals surface area contributed by atoms with Crippen molar-refractivity contribution in [1.82, 2.24) is 5.32 Å². The van der Waals surface area contributed by atoms with Gasteiger partial charge in [0.1, 0.15) is 0 Å². The Labute approximate surface area is 97.0 Å². The van der Waals surface area contributed by atoms with E-state index in [0.717, 1.165) is 5.56 Å². The number of carbonyl (C=O) groups is 1. The van der Waals surface area contributed by atoms with E-state index in [4.69, 9.17) is 5.73 Å². The fraction of sp³-hybridized carbons (Fsp3) is 0.462. The molecule has 0 aliphatic heterocycles. The summed E-state index contributed by atoms with van der Waals surface area (Å²) in [5.74, 6) is -0.133. The number of benzene rings is 1. The monoisotopic (exact) mass is 220 g/mol. The topological polar surface area (TPSA) is 55.1 Å². The van der Waals surface area contributed by atoms with E-state index in [1.54, 1.807) is 6.92 Å². The Morgan fingerprint density at radius 1 is 1.44 bits per heavy atom. The second-order valence-corrected chi connectivity index (χ2v) is 4.77. The molecular formula is C13H20N2O. The van der Waals surface area contributed by atoms with Crippen LogP contribution in [0.1, 0.15) is 31.9 Å². The summed E-state index contributed by atoms with van der Waals surface area (Å²) >= 11 is 0. The van der Waals surface area contributed by atoms with Gasteiger partial charge in [-0.25, -0.2) is 0 Å². The van der Waals surface area contributed by atoms with Crippen LogP contribution in [0.15, 0.2) is 24.3 Å². The molecule has 1 amide bonds. The van der Waals surface area contributed by atoms with Gasteiger partial charge in [0.25, 0.3) is 0 Å². The maximum Gasteiger partial charge on any atom is 0.237 e. The van der Waals surface area contributed by atoms with Crippen LogP contribution in [0.5, 0.6) is 0 Å².